The number of hydrogen-bond donors (Lipinski definition) is 1. The van der Waals surface area contributed by atoms with Crippen molar-refractivity contribution in [2.75, 3.05) is 27.3 Å². The molecule has 134 valence electrons. The number of likely N-dealkylation sites (N-methyl/N-ethyl adjacent to an activating group) is 1. The van der Waals surface area contributed by atoms with E-state index in [1.165, 1.54) is 5.56 Å². The minimum atomic E-state index is -0.156. The van der Waals surface area contributed by atoms with Gasteiger partial charge in [-0.1, -0.05) is 12.1 Å². The van der Waals surface area contributed by atoms with Gasteiger partial charge in [-0.05, 0) is 43.9 Å². The molecule has 1 N–H and O–H groups in total. The number of para-hydroxylation sites is 1. The maximum Gasteiger partial charge on any atom is 0.229 e. The van der Waals surface area contributed by atoms with E-state index in [1.54, 1.807) is 12.0 Å². The third-order valence-corrected chi connectivity index (χ3v) is 4.88. The fourth-order valence-electron chi connectivity index (χ4n) is 3.36. The van der Waals surface area contributed by atoms with Gasteiger partial charge in [0.1, 0.15) is 6.61 Å². The van der Waals surface area contributed by atoms with Crippen LogP contribution in [-0.2, 0) is 17.6 Å². The number of rotatable bonds is 5. The number of carbonyl (C=O) groups excluding carboxylic acids is 1. The Bertz CT molecular complexity index is 750. The fourth-order valence-corrected chi connectivity index (χ4v) is 3.36. The Balaban J connectivity index is 1.63. The molecule has 0 unspecified atom stereocenters. The minimum absolute atomic E-state index is 0.118. The summed E-state index contributed by atoms with van der Waals surface area (Å²) in [5, 5.41) is 7.20. The van der Waals surface area contributed by atoms with Crippen molar-refractivity contribution in [2.24, 2.45) is 5.92 Å². The van der Waals surface area contributed by atoms with Crippen LogP contribution in [0.3, 0.4) is 0 Å². The number of fused-ring (bicyclic) bond motifs is 1. The second-order valence-corrected chi connectivity index (χ2v) is 6.58. The van der Waals surface area contributed by atoms with Gasteiger partial charge < -0.3 is 14.4 Å². The maximum absolute atomic E-state index is 12.8. The first-order valence-electron chi connectivity index (χ1n) is 8.55. The van der Waals surface area contributed by atoms with E-state index in [-0.39, 0.29) is 11.8 Å². The van der Waals surface area contributed by atoms with Gasteiger partial charge in [-0.25, -0.2) is 0 Å². The van der Waals surface area contributed by atoms with Crippen molar-refractivity contribution in [3.05, 3.63) is 40.7 Å². The first-order valence-corrected chi connectivity index (χ1v) is 8.55. The molecule has 1 aromatic carbocycles. The lowest BCUT2D eigenvalue weighted by molar-refractivity contribution is -0.135. The van der Waals surface area contributed by atoms with Gasteiger partial charge in [-0.2, -0.15) is 5.10 Å². The Morgan fingerprint density at radius 3 is 2.92 bits per heavy atom. The van der Waals surface area contributed by atoms with Crippen LogP contribution in [0.25, 0.3) is 0 Å². The number of methoxy groups -OCH3 is 1. The number of aryl methyl sites for hydroxylation is 2. The number of H-pyrrole nitrogens is 1. The molecule has 25 heavy (non-hydrogen) atoms. The quantitative estimate of drug-likeness (QED) is 0.904. The minimum Gasteiger partial charge on any atom is -0.493 e. The lowest BCUT2D eigenvalue weighted by Crippen LogP contribution is -2.39. The van der Waals surface area contributed by atoms with Crippen LogP contribution in [0.5, 0.6) is 11.5 Å². The van der Waals surface area contributed by atoms with Gasteiger partial charge in [0, 0.05) is 19.3 Å². The molecule has 1 atom stereocenters. The number of nitrogens with zero attached hydrogens (tertiary/aromatic N) is 2. The summed E-state index contributed by atoms with van der Waals surface area (Å²) in [6, 6.07) is 5.81. The average Bonchev–Trinajstić information content (AvgIpc) is 2.95. The molecule has 1 aliphatic heterocycles. The van der Waals surface area contributed by atoms with Gasteiger partial charge in [-0.3, -0.25) is 9.89 Å². The molecule has 6 heteroatoms. The normalized spacial score (nSPS) is 16.1. The molecular formula is C19H25N3O3. The summed E-state index contributed by atoms with van der Waals surface area (Å²) < 4.78 is 11.2. The van der Waals surface area contributed by atoms with E-state index >= 15 is 0 Å². The van der Waals surface area contributed by atoms with E-state index in [0.717, 1.165) is 34.9 Å². The molecule has 0 aliphatic carbocycles. The van der Waals surface area contributed by atoms with Crippen molar-refractivity contribution < 1.29 is 14.3 Å². The standard InChI is InChI=1S/C19H25N3O3/c1-12-16(13(2)21-20-12)8-9-22(3)19(23)15-10-14-6-5-7-17(24-4)18(14)25-11-15/h5-7,15H,8-11H2,1-4H3,(H,20,21)/t15-/m0/s1. The number of ether oxygens (including phenoxy) is 2. The van der Waals surface area contributed by atoms with E-state index in [1.807, 2.05) is 39.1 Å². The molecule has 6 nitrogen and oxygen atoms in total. The van der Waals surface area contributed by atoms with Crippen LogP contribution in [-0.4, -0.2) is 48.3 Å². The van der Waals surface area contributed by atoms with Crippen molar-refractivity contribution in [1.82, 2.24) is 15.1 Å². The Morgan fingerprint density at radius 1 is 1.44 bits per heavy atom. The highest BCUT2D eigenvalue weighted by molar-refractivity contribution is 5.79. The van der Waals surface area contributed by atoms with Crippen molar-refractivity contribution in [3.63, 3.8) is 0 Å². The molecule has 1 aromatic heterocycles. The van der Waals surface area contributed by atoms with E-state index in [9.17, 15) is 4.79 Å². The SMILES string of the molecule is COc1cccc2c1OC[C@@H](C(=O)N(C)CCc1c(C)n[nH]c1C)C2. The third kappa shape index (κ3) is 3.48. The maximum atomic E-state index is 12.8. The first kappa shape index (κ1) is 17.3. The van der Waals surface area contributed by atoms with E-state index in [0.29, 0.717) is 19.6 Å². The molecular weight excluding hydrogens is 318 g/mol. The molecule has 3 rings (SSSR count). The highest BCUT2D eigenvalue weighted by atomic mass is 16.5. The Morgan fingerprint density at radius 2 is 2.24 bits per heavy atom. The topological polar surface area (TPSA) is 67.5 Å². The Kier molecular flexibility index (Phi) is 4.97. The van der Waals surface area contributed by atoms with E-state index < -0.39 is 0 Å². The van der Waals surface area contributed by atoms with Crippen LogP contribution < -0.4 is 9.47 Å². The second kappa shape index (κ2) is 7.17. The molecule has 0 bridgehead atoms. The van der Waals surface area contributed by atoms with Crippen molar-refractivity contribution >= 4 is 5.91 Å². The number of amides is 1. The Labute approximate surface area is 148 Å². The summed E-state index contributed by atoms with van der Waals surface area (Å²) in [5.74, 6) is 1.45. The highest BCUT2D eigenvalue weighted by Gasteiger charge is 2.29. The van der Waals surface area contributed by atoms with Crippen LogP contribution in [0.15, 0.2) is 18.2 Å². The van der Waals surface area contributed by atoms with Crippen LogP contribution in [0.4, 0.5) is 0 Å². The van der Waals surface area contributed by atoms with Gasteiger partial charge in [-0.15, -0.1) is 0 Å². The zero-order valence-corrected chi connectivity index (χ0v) is 15.3. The number of nitrogens with one attached hydrogen (secondary N) is 1. The number of aromatic nitrogens is 2. The van der Waals surface area contributed by atoms with Gasteiger partial charge in [0.2, 0.25) is 5.91 Å². The predicted molar refractivity (Wildman–Crippen MR) is 95.1 cm³/mol. The fraction of sp³-hybridized carbons (Fsp3) is 0.474. The smallest absolute Gasteiger partial charge is 0.229 e. The number of carbonyl (C=O) groups is 1. The molecule has 1 aliphatic rings. The number of aromatic amines is 1. The van der Waals surface area contributed by atoms with E-state index in [2.05, 4.69) is 10.2 Å². The summed E-state index contributed by atoms with van der Waals surface area (Å²) in [6.07, 6.45) is 1.48. The van der Waals surface area contributed by atoms with E-state index in [4.69, 9.17) is 9.47 Å². The van der Waals surface area contributed by atoms with Crippen molar-refractivity contribution in [2.45, 2.75) is 26.7 Å². The summed E-state index contributed by atoms with van der Waals surface area (Å²) >= 11 is 0. The molecule has 2 heterocycles. The monoisotopic (exact) mass is 343 g/mol. The molecule has 0 fully saturated rings. The second-order valence-electron chi connectivity index (χ2n) is 6.58. The molecule has 0 saturated heterocycles. The molecule has 0 spiro atoms. The lowest BCUT2D eigenvalue weighted by atomic mass is 9.95. The summed E-state index contributed by atoms with van der Waals surface area (Å²) in [5.41, 5.74) is 4.29. The van der Waals surface area contributed by atoms with Crippen molar-refractivity contribution in [1.29, 1.82) is 0 Å². The molecule has 0 saturated carbocycles. The molecule has 2 aromatic rings. The van der Waals surface area contributed by atoms with Crippen LogP contribution in [0.2, 0.25) is 0 Å². The van der Waals surface area contributed by atoms with Gasteiger partial charge in [0.05, 0.1) is 18.7 Å². The van der Waals surface area contributed by atoms with Crippen molar-refractivity contribution in [3.8, 4) is 11.5 Å². The van der Waals surface area contributed by atoms with Gasteiger partial charge in [0.25, 0.3) is 0 Å². The van der Waals surface area contributed by atoms with Crippen LogP contribution >= 0.6 is 0 Å². The number of hydrogen-bond acceptors (Lipinski definition) is 4. The number of benzene rings is 1. The summed E-state index contributed by atoms with van der Waals surface area (Å²) in [4.78, 5) is 14.6. The summed E-state index contributed by atoms with van der Waals surface area (Å²) in [7, 11) is 3.48. The van der Waals surface area contributed by atoms with Gasteiger partial charge >= 0.3 is 0 Å². The third-order valence-electron chi connectivity index (χ3n) is 4.88. The summed E-state index contributed by atoms with van der Waals surface area (Å²) in [6.45, 7) is 5.05. The average molecular weight is 343 g/mol. The van der Waals surface area contributed by atoms with Gasteiger partial charge in [0.15, 0.2) is 11.5 Å². The predicted octanol–water partition coefficient (Wildman–Crippen LogP) is 2.29. The molecule has 0 radical (unpaired) electrons. The van der Waals surface area contributed by atoms with Crippen LogP contribution in [0.1, 0.15) is 22.5 Å². The molecule has 1 amide bonds. The zero-order valence-electron chi connectivity index (χ0n) is 15.3. The largest absolute Gasteiger partial charge is 0.493 e. The Hall–Kier alpha value is -2.50. The first-order chi connectivity index (χ1) is 12.0. The lowest BCUT2D eigenvalue weighted by Gasteiger charge is -2.29. The zero-order chi connectivity index (χ0) is 18.0. The van der Waals surface area contributed by atoms with Crippen LogP contribution in [0, 0.1) is 19.8 Å². The highest BCUT2D eigenvalue weighted by Crippen LogP contribution is 2.36.